The highest BCUT2D eigenvalue weighted by Crippen LogP contribution is 2.32. The summed E-state index contributed by atoms with van der Waals surface area (Å²) in [5.41, 5.74) is 4.11. The number of nitrogens with zero attached hydrogens (tertiary/aromatic N) is 3. The fraction of sp³-hybridized carbons (Fsp3) is 0.424. The molecule has 2 aliphatic rings. The molecular formula is C33H40N4O4. The van der Waals surface area contributed by atoms with Crippen molar-refractivity contribution in [3.8, 4) is 0 Å². The van der Waals surface area contributed by atoms with Crippen LogP contribution in [0.2, 0.25) is 0 Å². The van der Waals surface area contributed by atoms with Crippen LogP contribution in [0.25, 0.3) is 0 Å². The number of hydrogen-bond acceptors (Lipinski definition) is 7. The lowest BCUT2D eigenvalue weighted by Gasteiger charge is -2.41. The van der Waals surface area contributed by atoms with E-state index in [0.717, 1.165) is 35.3 Å². The average Bonchev–Trinajstić information content (AvgIpc) is 3.29. The number of benzene rings is 2. The van der Waals surface area contributed by atoms with Crippen molar-refractivity contribution in [2.24, 2.45) is 5.92 Å². The normalized spacial score (nSPS) is 22.6. The van der Waals surface area contributed by atoms with E-state index in [2.05, 4.69) is 20.1 Å². The van der Waals surface area contributed by atoms with Gasteiger partial charge >= 0.3 is 0 Å². The van der Waals surface area contributed by atoms with Crippen LogP contribution >= 0.6 is 0 Å². The van der Waals surface area contributed by atoms with Crippen LogP contribution in [0, 0.1) is 5.92 Å². The Morgan fingerprint density at radius 3 is 2.54 bits per heavy atom. The van der Waals surface area contributed by atoms with Crippen molar-refractivity contribution < 1.29 is 19.8 Å². The molecule has 3 aromatic rings. The number of Topliss-reactive ketones (excluding diaryl/α,β-unsaturated/α-hetero) is 1. The fourth-order valence-electron chi connectivity index (χ4n) is 6.25. The molecule has 0 radical (unpaired) electrons. The molecule has 2 heterocycles. The fourth-order valence-corrected chi connectivity index (χ4v) is 6.25. The lowest BCUT2D eigenvalue weighted by Crippen LogP contribution is -2.57. The molecule has 1 amide bonds. The molecule has 1 aliphatic carbocycles. The molecular weight excluding hydrogens is 516 g/mol. The van der Waals surface area contributed by atoms with Crippen LogP contribution in [0.4, 0.5) is 0 Å². The molecule has 0 bridgehead atoms. The molecule has 5 rings (SSSR count). The highest BCUT2D eigenvalue weighted by Gasteiger charge is 2.35. The van der Waals surface area contributed by atoms with Crippen LogP contribution in [0.1, 0.15) is 41.6 Å². The second kappa shape index (κ2) is 13.5. The van der Waals surface area contributed by atoms with E-state index in [-0.39, 0.29) is 24.2 Å². The second-order valence-corrected chi connectivity index (χ2v) is 11.5. The summed E-state index contributed by atoms with van der Waals surface area (Å²) in [6, 6.07) is 20.8. The zero-order valence-electron chi connectivity index (χ0n) is 23.6. The number of aromatic nitrogens is 1. The molecule has 41 heavy (non-hydrogen) atoms. The van der Waals surface area contributed by atoms with Gasteiger partial charge in [0, 0.05) is 57.5 Å². The lowest BCUT2D eigenvalue weighted by atomic mass is 9.91. The van der Waals surface area contributed by atoms with E-state index < -0.39 is 24.2 Å². The summed E-state index contributed by atoms with van der Waals surface area (Å²) >= 11 is 0. The van der Waals surface area contributed by atoms with Gasteiger partial charge in [-0.25, -0.2) is 0 Å². The van der Waals surface area contributed by atoms with Crippen LogP contribution in [0.15, 0.2) is 79.1 Å². The number of β-amino-alcohol motifs (C(OH)–C–C–N with tert-alkyl or cyclic N) is 1. The van der Waals surface area contributed by atoms with E-state index in [4.69, 9.17) is 0 Å². The maximum atomic E-state index is 13.7. The Morgan fingerprint density at radius 2 is 1.78 bits per heavy atom. The van der Waals surface area contributed by atoms with E-state index in [1.807, 2.05) is 72.9 Å². The van der Waals surface area contributed by atoms with Gasteiger partial charge in [-0.15, -0.1) is 0 Å². The zero-order valence-corrected chi connectivity index (χ0v) is 23.6. The third kappa shape index (κ3) is 7.45. The minimum atomic E-state index is -0.790. The SMILES string of the molecule is CC(=O)[C@@H]1CN(Cc2cccnc2)CCN1CC(O)C[C@@H](Cc1ccccc1)C(=O)NC1c2ccccc2CC1O. The molecule has 8 nitrogen and oxygen atoms in total. The van der Waals surface area contributed by atoms with Crippen molar-refractivity contribution in [3.63, 3.8) is 0 Å². The molecule has 5 atom stereocenters. The Balaban J connectivity index is 1.24. The van der Waals surface area contributed by atoms with E-state index >= 15 is 0 Å². The highest BCUT2D eigenvalue weighted by atomic mass is 16.3. The first-order chi connectivity index (χ1) is 19.9. The number of piperazine rings is 1. The van der Waals surface area contributed by atoms with Crippen LogP contribution in [0.3, 0.4) is 0 Å². The molecule has 2 aromatic carbocycles. The maximum absolute atomic E-state index is 13.7. The monoisotopic (exact) mass is 556 g/mol. The summed E-state index contributed by atoms with van der Waals surface area (Å²) in [5, 5.41) is 25.1. The van der Waals surface area contributed by atoms with E-state index in [1.54, 1.807) is 13.1 Å². The second-order valence-electron chi connectivity index (χ2n) is 11.5. The van der Waals surface area contributed by atoms with Crippen LogP contribution < -0.4 is 5.32 Å². The Bertz CT molecular complexity index is 1300. The number of fused-ring (bicyclic) bond motifs is 1. The standard InChI is InChI=1S/C33H40N4O4/c1-23(38)30-22-36(20-25-10-7-13-34-19-25)14-15-37(30)21-28(39)17-27(16-24-8-3-2-4-9-24)33(41)35-32-29-12-6-5-11-26(29)18-31(32)40/h2-13,19,27-28,30-32,39-40H,14-18,20-22H2,1H3,(H,35,41)/t27-,28?,30+,31?,32?/m1/s1. The van der Waals surface area contributed by atoms with Gasteiger partial charge in [-0.1, -0.05) is 60.7 Å². The van der Waals surface area contributed by atoms with Gasteiger partial charge in [0.2, 0.25) is 5.91 Å². The molecule has 0 spiro atoms. The minimum absolute atomic E-state index is 0.0700. The summed E-state index contributed by atoms with van der Waals surface area (Å²) in [7, 11) is 0. The van der Waals surface area contributed by atoms with Gasteiger partial charge in [-0.3, -0.25) is 24.4 Å². The number of nitrogens with one attached hydrogen (secondary N) is 1. The number of rotatable bonds is 11. The first-order valence-corrected chi connectivity index (χ1v) is 14.5. The molecule has 0 saturated carbocycles. The Hall–Kier alpha value is -3.43. The summed E-state index contributed by atoms with van der Waals surface area (Å²) in [4.78, 5) is 34.8. The van der Waals surface area contributed by atoms with Gasteiger partial charge < -0.3 is 15.5 Å². The predicted molar refractivity (Wildman–Crippen MR) is 157 cm³/mol. The third-order valence-electron chi connectivity index (χ3n) is 8.37. The summed E-state index contributed by atoms with van der Waals surface area (Å²) in [5.74, 6) is -0.603. The quantitative estimate of drug-likeness (QED) is 0.333. The molecule has 1 aliphatic heterocycles. The average molecular weight is 557 g/mol. The predicted octanol–water partition coefficient (Wildman–Crippen LogP) is 2.54. The van der Waals surface area contributed by atoms with Crippen LogP contribution in [-0.4, -0.2) is 81.1 Å². The third-order valence-corrected chi connectivity index (χ3v) is 8.37. The molecule has 216 valence electrons. The highest BCUT2D eigenvalue weighted by molar-refractivity contribution is 5.82. The summed E-state index contributed by atoms with van der Waals surface area (Å²) < 4.78 is 0. The Labute approximate surface area is 242 Å². The van der Waals surface area contributed by atoms with Gasteiger partial charge in [0.15, 0.2) is 0 Å². The number of aliphatic hydroxyl groups excluding tert-OH is 2. The summed E-state index contributed by atoms with van der Waals surface area (Å²) in [6.45, 7) is 4.67. The van der Waals surface area contributed by atoms with Crippen molar-refractivity contribution in [2.75, 3.05) is 26.2 Å². The lowest BCUT2D eigenvalue weighted by molar-refractivity contribution is -0.129. The molecule has 3 unspecified atom stereocenters. The number of carbonyl (C=O) groups is 2. The number of hydrogen-bond donors (Lipinski definition) is 3. The van der Waals surface area contributed by atoms with Gasteiger partial charge in [0.05, 0.1) is 24.3 Å². The Morgan fingerprint density at radius 1 is 1.02 bits per heavy atom. The number of pyridine rings is 1. The first kappa shape index (κ1) is 29.1. The van der Waals surface area contributed by atoms with E-state index in [0.29, 0.717) is 32.5 Å². The summed E-state index contributed by atoms with van der Waals surface area (Å²) in [6.07, 6.45) is 3.36. The number of carbonyl (C=O) groups excluding carboxylic acids is 2. The van der Waals surface area contributed by atoms with E-state index in [9.17, 15) is 19.8 Å². The largest absolute Gasteiger partial charge is 0.392 e. The molecule has 1 aromatic heterocycles. The van der Waals surface area contributed by atoms with Crippen molar-refractivity contribution in [3.05, 3.63) is 101 Å². The number of ketones is 1. The van der Waals surface area contributed by atoms with Crippen molar-refractivity contribution in [2.45, 2.75) is 57.0 Å². The first-order valence-electron chi connectivity index (χ1n) is 14.5. The van der Waals surface area contributed by atoms with Crippen LogP contribution in [-0.2, 0) is 29.0 Å². The topological polar surface area (TPSA) is 106 Å². The van der Waals surface area contributed by atoms with E-state index in [1.165, 1.54) is 0 Å². The van der Waals surface area contributed by atoms with Gasteiger partial charge in [-0.05, 0) is 48.1 Å². The minimum Gasteiger partial charge on any atom is -0.392 e. The smallest absolute Gasteiger partial charge is 0.224 e. The van der Waals surface area contributed by atoms with Gasteiger partial charge in [-0.2, -0.15) is 0 Å². The molecule has 8 heteroatoms. The molecule has 1 saturated heterocycles. The van der Waals surface area contributed by atoms with Crippen molar-refractivity contribution in [1.82, 2.24) is 20.1 Å². The van der Waals surface area contributed by atoms with Crippen molar-refractivity contribution in [1.29, 1.82) is 0 Å². The maximum Gasteiger partial charge on any atom is 0.224 e. The van der Waals surface area contributed by atoms with Crippen molar-refractivity contribution >= 4 is 11.7 Å². The van der Waals surface area contributed by atoms with Gasteiger partial charge in [0.1, 0.15) is 5.78 Å². The Kier molecular flexibility index (Phi) is 9.57. The van der Waals surface area contributed by atoms with Crippen LogP contribution in [0.5, 0.6) is 0 Å². The zero-order chi connectivity index (χ0) is 28.8. The van der Waals surface area contributed by atoms with Gasteiger partial charge in [0.25, 0.3) is 0 Å². The number of amides is 1. The molecule has 3 N–H and O–H groups in total. The molecule has 1 fully saturated rings. The number of aliphatic hydroxyl groups is 2.